The topological polar surface area (TPSA) is 84.2 Å². The molecule has 1 aliphatic rings. The molecule has 0 aromatic carbocycles. The number of rotatable bonds is 9. The average molecular weight is 285 g/mol. The zero-order valence-corrected chi connectivity index (χ0v) is 12.2. The maximum atomic E-state index is 11.8. The molecule has 0 heterocycles. The van der Waals surface area contributed by atoms with Gasteiger partial charge in [0.25, 0.3) is 0 Å². The summed E-state index contributed by atoms with van der Waals surface area (Å²) in [4.78, 5) is 23.5. The van der Waals surface area contributed by atoms with E-state index < -0.39 is 0 Å². The quantitative estimate of drug-likeness (QED) is 0.433. The fourth-order valence-corrected chi connectivity index (χ4v) is 2.03. The van der Waals surface area contributed by atoms with E-state index in [9.17, 15) is 9.59 Å². The first-order chi connectivity index (χ1) is 9.04. The van der Waals surface area contributed by atoms with E-state index in [0.717, 1.165) is 19.3 Å². The van der Waals surface area contributed by atoms with Gasteiger partial charge in [-0.05, 0) is 25.7 Å². The van der Waals surface area contributed by atoms with E-state index in [2.05, 4.69) is 10.6 Å². The number of hydrogen-bond acceptors (Lipinski definition) is 3. The Hall–Kier alpha value is -1.17. The van der Waals surface area contributed by atoms with E-state index >= 15 is 0 Å². The van der Waals surface area contributed by atoms with Gasteiger partial charge in [0, 0.05) is 19.0 Å². The summed E-state index contributed by atoms with van der Waals surface area (Å²) in [5.41, 5.74) is 5.54. The van der Waals surface area contributed by atoms with Crippen molar-refractivity contribution < 1.29 is 9.59 Å². The third-order valence-corrected chi connectivity index (χ3v) is 3.34. The third-order valence-electron chi connectivity index (χ3n) is 3.06. The van der Waals surface area contributed by atoms with Crippen molar-refractivity contribution in [2.75, 3.05) is 6.54 Å². The molecular formula is C13H23N3O2S. The van der Waals surface area contributed by atoms with Crippen LogP contribution in [0.25, 0.3) is 0 Å². The molecule has 19 heavy (non-hydrogen) atoms. The summed E-state index contributed by atoms with van der Waals surface area (Å²) in [6, 6.07) is 0.394. The Bertz CT molecular complexity index is 343. The number of nitrogens with one attached hydrogen (secondary N) is 2. The molecule has 1 atom stereocenters. The van der Waals surface area contributed by atoms with Crippen LogP contribution in [0.15, 0.2) is 0 Å². The van der Waals surface area contributed by atoms with Gasteiger partial charge < -0.3 is 16.4 Å². The summed E-state index contributed by atoms with van der Waals surface area (Å²) in [5.74, 6) is -0.451. The molecule has 2 amide bonds. The SMILES string of the molecule is CCCC(C(=O)NCCCC(=O)NC1CC1)C(N)=S. The van der Waals surface area contributed by atoms with Gasteiger partial charge in [-0.1, -0.05) is 25.6 Å². The summed E-state index contributed by atoms with van der Waals surface area (Å²) in [6.45, 7) is 2.47. The fraction of sp³-hybridized carbons (Fsp3) is 0.769. The zero-order valence-electron chi connectivity index (χ0n) is 11.4. The summed E-state index contributed by atoms with van der Waals surface area (Å²) >= 11 is 4.89. The van der Waals surface area contributed by atoms with E-state index in [0.29, 0.717) is 31.8 Å². The monoisotopic (exact) mass is 285 g/mol. The molecular weight excluding hydrogens is 262 g/mol. The van der Waals surface area contributed by atoms with Crippen LogP contribution >= 0.6 is 12.2 Å². The second kappa shape index (κ2) is 8.09. The molecule has 1 rings (SSSR count). The van der Waals surface area contributed by atoms with Crippen LogP contribution in [-0.2, 0) is 9.59 Å². The van der Waals surface area contributed by atoms with Crippen molar-refractivity contribution in [3.8, 4) is 0 Å². The van der Waals surface area contributed by atoms with E-state index in [-0.39, 0.29) is 22.7 Å². The van der Waals surface area contributed by atoms with Crippen molar-refractivity contribution in [3.63, 3.8) is 0 Å². The Morgan fingerprint density at radius 2 is 2.11 bits per heavy atom. The summed E-state index contributed by atoms with van der Waals surface area (Å²) in [6.07, 6.45) is 4.80. The Balaban J connectivity index is 2.14. The van der Waals surface area contributed by atoms with Crippen molar-refractivity contribution in [3.05, 3.63) is 0 Å². The van der Waals surface area contributed by atoms with Gasteiger partial charge in [0.2, 0.25) is 11.8 Å². The summed E-state index contributed by atoms with van der Waals surface area (Å²) in [5, 5.41) is 5.70. The largest absolute Gasteiger partial charge is 0.393 e. The van der Waals surface area contributed by atoms with Crippen molar-refractivity contribution in [1.82, 2.24) is 10.6 Å². The predicted octanol–water partition coefficient (Wildman–Crippen LogP) is 0.864. The zero-order chi connectivity index (χ0) is 14.3. The first kappa shape index (κ1) is 15.9. The molecule has 1 fully saturated rings. The number of hydrogen-bond donors (Lipinski definition) is 3. The molecule has 0 aromatic rings. The number of carbonyl (C=O) groups excluding carboxylic acids is 2. The lowest BCUT2D eigenvalue weighted by atomic mass is 10.0. The minimum absolute atomic E-state index is 0.0659. The van der Waals surface area contributed by atoms with Gasteiger partial charge in [0.05, 0.1) is 10.9 Å². The molecule has 0 aliphatic heterocycles. The lowest BCUT2D eigenvalue weighted by Gasteiger charge is -2.14. The molecule has 1 aliphatic carbocycles. The van der Waals surface area contributed by atoms with Crippen LogP contribution in [0.3, 0.4) is 0 Å². The second-order valence-electron chi connectivity index (χ2n) is 4.98. The van der Waals surface area contributed by atoms with Crippen LogP contribution in [0.4, 0.5) is 0 Å². The predicted molar refractivity (Wildman–Crippen MR) is 78.6 cm³/mol. The van der Waals surface area contributed by atoms with Crippen molar-refractivity contribution in [2.24, 2.45) is 11.7 Å². The molecule has 1 unspecified atom stereocenters. The first-order valence-electron chi connectivity index (χ1n) is 6.91. The van der Waals surface area contributed by atoms with E-state index in [1.165, 1.54) is 0 Å². The standard InChI is InChI=1S/C13H23N3O2S/c1-2-4-10(12(14)19)13(18)15-8-3-5-11(17)16-9-6-7-9/h9-10H,2-8H2,1H3,(H2,14,19)(H,15,18)(H,16,17). The van der Waals surface area contributed by atoms with Gasteiger partial charge in [-0.25, -0.2) is 0 Å². The fourth-order valence-electron chi connectivity index (χ4n) is 1.80. The van der Waals surface area contributed by atoms with E-state index in [1.54, 1.807) is 0 Å². The highest BCUT2D eigenvalue weighted by atomic mass is 32.1. The number of carbonyl (C=O) groups is 2. The van der Waals surface area contributed by atoms with Crippen molar-refractivity contribution >= 4 is 29.0 Å². The van der Waals surface area contributed by atoms with Crippen LogP contribution in [0.5, 0.6) is 0 Å². The van der Waals surface area contributed by atoms with Crippen molar-refractivity contribution in [2.45, 2.75) is 51.5 Å². The normalized spacial score (nSPS) is 15.6. The van der Waals surface area contributed by atoms with Crippen LogP contribution in [-0.4, -0.2) is 29.4 Å². The highest BCUT2D eigenvalue weighted by Crippen LogP contribution is 2.18. The molecule has 1 saturated carbocycles. The maximum absolute atomic E-state index is 11.8. The molecule has 0 aromatic heterocycles. The average Bonchev–Trinajstić information content (AvgIpc) is 3.14. The number of amides is 2. The highest BCUT2D eigenvalue weighted by Gasteiger charge is 2.23. The lowest BCUT2D eigenvalue weighted by Crippen LogP contribution is -2.38. The van der Waals surface area contributed by atoms with Crippen LogP contribution < -0.4 is 16.4 Å². The summed E-state index contributed by atoms with van der Waals surface area (Å²) in [7, 11) is 0. The van der Waals surface area contributed by atoms with Gasteiger partial charge in [-0.2, -0.15) is 0 Å². The van der Waals surface area contributed by atoms with Gasteiger partial charge >= 0.3 is 0 Å². The van der Waals surface area contributed by atoms with Gasteiger partial charge in [-0.3, -0.25) is 9.59 Å². The molecule has 0 bridgehead atoms. The Labute approximate surface area is 119 Å². The molecule has 5 nitrogen and oxygen atoms in total. The van der Waals surface area contributed by atoms with Gasteiger partial charge in [0.15, 0.2) is 0 Å². The molecule has 0 spiro atoms. The van der Waals surface area contributed by atoms with Crippen molar-refractivity contribution in [1.29, 1.82) is 0 Å². The van der Waals surface area contributed by atoms with Crippen LogP contribution in [0.2, 0.25) is 0 Å². The molecule has 6 heteroatoms. The number of thiocarbonyl (C=S) groups is 1. The molecule has 0 radical (unpaired) electrons. The smallest absolute Gasteiger partial charge is 0.229 e. The molecule has 4 N–H and O–H groups in total. The Morgan fingerprint density at radius 3 is 2.63 bits per heavy atom. The highest BCUT2D eigenvalue weighted by molar-refractivity contribution is 7.80. The lowest BCUT2D eigenvalue weighted by molar-refractivity contribution is -0.124. The number of nitrogens with two attached hydrogens (primary N) is 1. The summed E-state index contributed by atoms with van der Waals surface area (Å²) < 4.78 is 0. The van der Waals surface area contributed by atoms with Gasteiger partial charge in [0.1, 0.15) is 0 Å². The van der Waals surface area contributed by atoms with Crippen LogP contribution in [0.1, 0.15) is 45.4 Å². The van der Waals surface area contributed by atoms with E-state index in [1.807, 2.05) is 6.92 Å². The minimum atomic E-state index is -0.389. The van der Waals surface area contributed by atoms with Gasteiger partial charge in [-0.15, -0.1) is 0 Å². The van der Waals surface area contributed by atoms with Crippen LogP contribution in [0, 0.1) is 5.92 Å². The molecule has 0 saturated heterocycles. The Morgan fingerprint density at radius 1 is 1.42 bits per heavy atom. The maximum Gasteiger partial charge on any atom is 0.229 e. The second-order valence-corrected chi connectivity index (χ2v) is 5.45. The minimum Gasteiger partial charge on any atom is -0.393 e. The third kappa shape index (κ3) is 6.52. The Kier molecular flexibility index (Phi) is 6.77. The van der Waals surface area contributed by atoms with E-state index in [4.69, 9.17) is 18.0 Å². The molecule has 108 valence electrons. The first-order valence-corrected chi connectivity index (χ1v) is 7.31.